The number of aliphatic carboxylic acids is 1. The standard InChI is InChI=1S/C15H22N2O3S/c1-8-5-9(10(6-8)13(19)20)12(18)17-14-16-11(7-21-14)15(2,3)4/h7-10H,5-6H2,1-4H3,(H,19,20)(H,16,17,18). The van der Waals surface area contributed by atoms with Gasteiger partial charge in [0.25, 0.3) is 0 Å². The molecule has 1 aliphatic carbocycles. The lowest BCUT2D eigenvalue weighted by Crippen LogP contribution is -2.30. The summed E-state index contributed by atoms with van der Waals surface area (Å²) in [6, 6.07) is 0. The number of hydrogen-bond donors (Lipinski definition) is 2. The van der Waals surface area contributed by atoms with E-state index < -0.39 is 17.8 Å². The Labute approximate surface area is 128 Å². The number of thiazole rings is 1. The first-order valence-corrected chi connectivity index (χ1v) is 8.06. The van der Waals surface area contributed by atoms with Gasteiger partial charge in [-0.1, -0.05) is 27.7 Å². The zero-order valence-electron chi connectivity index (χ0n) is 12.8. The number of carboxylic acids is 1. The Bertz CT molecular complexity index is 547. The topological polar surface area (TPSA) is 79.3 Å². The number of carbonyl (C=O) groups is 2. The molecule has 3 atom stereocenters. The highest BCUT2D eigenvalue weighted by Crippen LogP contribution is 2.37. The average Bonchev–Trinajstić information content (AvgIpc) is 2.94. The molecular weight excluding hydrogens is 288 g/mol. The lowest BCUT2D eigenvalue weighted by Gasteiger charge is -2.15. The monoisotopic (exact) mass is 310 g/mol. The van der Waals surface area contributed by atoms with Gasteiger partial charge in [0.2, 0.25) is 5.91 Å². The Morgan fingerprint density at radius 3 is 2.48 bits per heavy atom. The summed E-state index contributed by atoms with van der Waals surface area (Å²) in [5.41, 5.74) is 0.864. The summed E-state index contributed by atoms with van der Waals surface area (Å²) in [6.07, 6.45) is 1.19. The first-order valence-electron chi connectivity index (χ1n) is 7.18. The number of carbonyl (C=O) groups excluding carboxylic acids is 1. The molecule has 6 heteroatoms. The van der Waals surface area contributed by atoms with E-state index in [-0.39, 0.29) is 17.2 Å². The van der Waals surface area contributed by atoms with Crippen molar-refractivity contribution in [3.8, 4) is 0 Å². The van der Waals surface area contributed by atoms with E-state index in [9.17, 15) is 14.7 Å². The Kier molecular flexibility index (Phi) is 4.37. The molecule has 21 heavy (non-hydrogen) atoms. The number of amides is 1. The van der Waals surface area contributed by atoms with Gasteiger partial charge in [-0.15, -0.1) is 11.3 Å². The van der Waals surface area contributed by atoms with Gasteiger partial charge in [-0.25, -0.2) is 4.98 Å². The van der Waals surface area contributed by atoms with Crippen molar-refractivity contribution in [2.24, 2.45) is 17.8 Å². The Morgan fingerprint density at radius 1 is 1.33 bits per heavy atom. The first-order chi connectivity index (χ1) is 9.68. The maximum atomic E-state index is 12.3. The predicted molar refractivity (Wildman–Crippen MR) is 82.5 cm³/mol. The lowest BCUT2D eigenvalue weighted by molar-refractivity contribution is -0.145. The molecule has 1 aromatic heterocycles. The molecule has 1 aliphatic rings. The van der Waals surface area contributed by atoms with Crippen molar-refractivity contribution in [1.82, 2.24) is 4.98 Å². The summed E-state index contributed by atoms with van der Waals surface area (Å²) in [5, 5.41) is 14.5. The first kappa shape index (κ1) is 15.9. The summed E-state index contributed by atoms with van der Waals surface area (Å²) < 4.78 is 0. The molecule has 1 aromatic rings. The van der Waals surface area contributed by atoms with Crippen molar-refractivity contribution >= 4 is 28.3 Å². The maximum Gasteiger partial charge on any atom is 0.307 e. The van der Waals surface area contributed by atoms with Crippen LogP contribution in [0, 0.1) is 17.8 Å². The molecule has 1 amide bonds. The maximum absolute atomic E-state index is 12.3. The second kappa shape index (κ2) is 5.75. The van der Waals surface area contributed by atoms with Crippen molar-refractivity contribution in [2.75, 3.05) is 5.32 Å². The van der Waals surface area contributed by atoms with Gasteiger partial charge in [-0.3, -0.25) is 9.59 Å². The summed E-state index contributed by atoms with van der Waals surface area (Å²) in [5.74, 6) is -1.87. The highest BCUT2D eigenvalue weighted by molar-refractivity contribution is 7.13. The minimum absolute atomic E-state index is 0.0645. The molecule has 0 bridgehead atoms. The van der Waals surface area contributed by atoms with Gasteiger partial charge in [0.1, 0.15) is 0 Å². The molecule has 3 unspecified atom stereocenters. The quantitative estimate of drug-likeness (QED) is 0.899. The molecule has 1 saturated carbocycles. The van der Waals surface area contributed by atoms with Crippen LogP contribution in [0.3, 0.4) is 0 Å². The third-order valence-corrected chi connectivity index (χ3v) is 4.71. The van der Waals surface area contributed by atoms with E-state index in [4.69, 9.17) is 0 Å². The van der Waals surface area contributed by atoms with Gasteiger partial charge in [0, 0.05) is 10.8 Å². The molecular formula is C15H22N2O3S. The molecule has 116 valence electrons. The largest absolute Gasteiger partial charge is 0.481 e. The third kappa shape index (κ3) is 3.61. The second-order valence-electron chi connectivity index (χ2n) is 6.90. The molecule has 0 radical (unpaired) electrons. The van der Waals surface area contributed by atoms with E-state index >= 15 is 0 Å². The summed E-state index contributed by atoms with van der Waals surface area (Å²) in [4.78, 5) is 28.0. The van der Waals surface area contributed by atoms with Gasteiger partial charge >= 0.3 is 5.97 Å². The number of hydrogen-bond acceptors (Lipinski definition) is 4. The van der Waals surface area contributed by atoms with E-state index in [1.165, 1.54) is 11.3 Å². The molecule has 0 aliphatic heterocycles. The molecule has 2 rings (SSSR count). The van der Waals surface area contributed by atoms with Crippen LogP contribution in [-0.4, -0.2) is 22.0 Å². The molecule has 0 saturated heterocycles. The van der Waals surface area contributed by atoms with E-state index in [1.807, 2.05) is 12.3 Å². The number of aromatic nitrogens is 1. The van der Waals surface area contributed by atoms with E-state index in [1.54, 1.807) is 0 Å². The highest BCUT2D eigenvalue weighted by Gasteiger charge is 2.41. The zero-order chi connectivity index (χ0) is 15.8. The van der Waals surface area contributed by atoms with Crippen molar-refractivity contribution in [3.05, 3.63) is 11.1 Å². The van der Waals surface area contributed by atoms with Crippen LogP contribution in [0.1, 0.15) is 46.2 Å². The van der Waals surface area contributed by atoms with Gasteiger partial charge in [-0.2, -0.15) is 0 Å². The Hall–Kier alpha value is -1.43. The van der Waals surface area contributed by atoms with Crippen molar-refractivity contribution < 1.29 is 14.7 Å². The van der Waals surface area contributed by atoms with Crippen molar-refractivity contribution in [1.29, 1.82) is 0 Å². The molecule has 1 heterocycles. The lowest BCUT2D eigenvalue weighted by atomic mass is 9.93. The van der Waals surface area contributed by atoms with E-state index in [2.05, 4.69) is 31.1 Å². The van der Waals surface area contributed by atoms with Gasteiger partial charge in [0.05, 0.1) is 17.5 Å². The smallest absolute Gasteiger partial charge is 0.307 e. The summed E-state index contributed by atoms with van der Waals surface area (Å²) in [7, 11) is 0. The van der Waals surface area contributed by atoms with Crippen LogP contribution in [-0.2, 0) is 15.0 Å². The van der Waals surface area contributed by atoms with E-state index in [0.29, 0.717) is 18.0 Å². The van der Waals surface area contributed by atoms with Crippen LogP contribution in [0.2, 0.25) is 0 Å². The molecule has 2 N–H and O–H groups in total. The van der Waals surface area contributed by atoms with Crippen LogP contribution < -0.4 is 5.32 Å². The Balaban J connectivity index is 2.07. The number of anilines is 1. The number of nitrogens with zero attached hydrogens (tertiary/aromatic N) is 1. The van der Waals surface area contributed by atoms with Crippen molar-refractivity contribution in [2.45, 2.75) is 46.0 Å². The number of nitrogens with one attached hydrogen (secondary N) is 1. The molecule has 0 spiro atoms. The second-order valence-corrected chi connectivity index (χ2v) is 7.76. The average molecular weight is 310 g/mol. The molecule has 1 fully saturated rings. The van der Waals surface area contributed by atoms with E-state index in [0.717, 1.165) is 5.69 Å². The fraction of sp³-hybridized carbons (Fsp3) is 0.667. The van der Waals surface area contributed by atoms with Crippen LogP contribution in [0.4, 0.5) is 5.13 Å². The third-order valence-electron chi connectivity index (χ3n) is 3.96. The fourth-order valence-corrected chi connectivity index (χ4v) is 3.67. The van der Waals surface area contributed by atoms with Gasteiger partial charge in [0.15, 0.2) is 5.13 Å². The van der Waals surface area contributed by atoms with Crippen LogP contribution in [0.5, 0.6) is 0 Å². The summed E-state index contributed by atoms with van der Waals surface area (Å²) >= 11 is 1.38. The zero-order valence-corrected chi connectivity index (χ0v) is 13.7. The minimum Gasteiger partial charge on any atom is -0.481 e. The fourth-order valence-electron chi connectivity index (χ4n) is 2.73. The number of carboxylic acid groups (broad SMARTS) is 1. The molecule has 0 aromatic carbocycles. The normalized spacial score (nSPS) is 25.8. The number of rotatable bonds is 3. The van der Waals surface area contributed by atoms with Gasteiger partial charge in [-0.05, 0) is 18.8 Å². The minimum atomic E-state index is -0.881. The SMILES string of the molecule is CC1CC(C(=O)O)C(C(=O)Nc2nc(C(C)(C)C)cs2)C1. The van der Waals surface area contributed by atoms with Crippen LogP contribution in [0.25, 0.3) is 0 Å². The Morgan fingerprint density at radius 2 is 1.95 bits per heavy atom. The van der Waals surface area contributed by atoms with Crippen LogP contribution >= 0.6 is 11.3 Å². The summed E-state index contributed by atoms with van der Waals surface area (Å²) in [6.45, 7) is 8.18. The van der Waals surface area contributed by atoms with Crippen LogP contribution in [0.15, 0.2) is 5.38 Å². The molecule has 5 nitrogen and oxygen atoms in total. The van der Waals surface area contributed by atoms with Gasteiger partial charge < -0.3 is 10.4 Å². The predicted octanol–water partition coefficient (Wildman–Crippen LogP) is 3.13. The highest BCUT2D eigenvalue weighted by atomic mass is 32.1. The van der Waals surface area contributed by atoms with Crippen molar-refractivity contribution in [3.63, 3.8) is 0 Å².